The molecule has 0 aromatic carbocycles. The quantitative estimate of drug-likeness (QED) is 0.747. The van der Waals surface area contributed by atoms with Gasteiger partial charge in [-0.3, -0.25) is 0 Å². The summed E-state index contributed by atoms with van der Waals surface area (Å²) in [6, 6.07) is 0. The van der Waals surface area contributed by atoms with Gasteiger partial charge in [0.05, 0.1) is 21.0 Å². The molecule has 14 heavy (non-hydrogen) atoms. The van der Waals surface area contributed by atoms with Crippen molar-refractivity contribution < 1.29 is 0 Å². The Kier molecular flexibility index (Phi) is 2.91. The third-order valence-electron chi connectivity index (χ3n) is 2.23. The molecule has 2 heterocycles. The molecule has 1 aromatic rings. The maximum Gasteiger partial charge on any atom is 0.0903 e. The molecule has 76 valence electrons. The molecule has 2 nitrogen and oxygen atoms in total. The summed E-state index contributed by atoms with van der Waals surface area (Å²) in [5.74, 6) is 0. The van der Waals surface area contributed by atoms with Gasteiger partial charge in [-0.25, -0.2) is 4.98 Å². The standard InChI is InChI=1S/C10H13ClN2S/c1-6-10(14-7(2)13-6)8-3-9(11)5-12-4-8/h3,9,12H,4-5H2,1-2H3. The molecular formula is C10H13ClN2S. The number of aromatic nitrogens is 1. The minimum Gasteiger partial charge on any atom is -0.311 e. The van der Waals surface area contributed by atoms with Gasteiger partial charge >= 0.3 is 0 Å². The highest BCUT2D eigenvalue weighted by Gasteiger charge is 2.15. The van der Waals surface area contributed by atoms with Crippen LogP contribution in [0, 0.1) is 13.8 Å². The summed E-state index contributed by atoms with van der Waals surface area (Å²) in [6.45, 7) is 5.86. The third-order valence-corrected chi connectivity index (χ3v) is 3.66. The zero-order valence-electron chi connectivity index (χ0n) is 8.30. The van der Waals surface area contributed by atoms with E-state index in [-0.39, 0.29) is 5.38 Å². The maximum atomic E-state index is 6.07. The number of nitrogens with one attached hydrogen (secondary N) is 1. The minimum absolute atomic E-state index is 0.112. The molecule has 1 atom stereocenters. The van der Waals surface area contributed by atoms with E-state index < -0.39 is 0 Å². The highest BCUT2D eigenvalue weighted by Crippen LogP contribution is 2.27. The van der Waals surface area contributed by atoms with Gasteiger partial charge in [-0.15, -0.1) is 22.9 Å². The van der Waals surface area contributed by atoms with Crippen LogP contribution >= 0.6 is 22.9 Å². The second-order valence-corrected chi connectivity index (χ2v) is 5.25. The average Bonchev–Trinajstić information content (AvgIpc) is 2.45. The average molecular weight is 229 g/mol. The molecule has 1 aliphatic rings. The highest BCUT2D eigenvalue weighted by atomic mass is 35.5. The van der Waals surface area contributed by atoms with Crippen LogP contribution < -0.4 is 5.32 Å². The normalized spacial score (nSPS) is 22.2. The lowest BCUT2D eigenvalue weighted by Crippen LogP contribution is -2.28. The van der Waals surface area contributed by atoms with Gasteiger partial charge in [0.25, 0.3) is 0 Å². The van der Waals surface area contributed by atoms with Crippen molar-refractivity contribution in [3.8, 4) is 0 Å². The van der Waals surface area contributed by atoms with Crippen molar-refractivity contribution >= 4 is 28.5 Å². The van der Waals surface area contributed by atoms with E-state index in [1.54, 1.807) is 11.3 Å². The van der Waals surface area contributed by atoms with Crippen LogP contribution in [-0.2, 0) is 0 Å². The minimum atomic E-state index is 0.112. The van der Waals surface area contributed by atoms with Crippen molar-refractivity contribution in [2.24, 2.45) is 0 Å². The van der Waals surface area contributed by atoms with Gasteiger partial charge < -0.3 is 5.32 Å². The number of hydrogen-bond acceptors (Lipinski definition) is 3. The van der Waals surface area contributed by atoms with Crippen molar-refractivity contribution in [1.29, 1.82) is 0 Å². The molecule has 0 spiro atoms. The molecule has 0 fully saturated rings. The SMILES string of the molecule is Cc1nc(C)c(C2=CC(Cl)CNC2)s1. The first-order chi connectivity index (χ1) is 6.66. The van der Waals surface area contributed by atoms with Gasteiger partial charge in [0.15, 0.2) is 0 Å². The summed E-state index contributed by atoms with van der Waals surface area (Å²) in [7, 11) is 0. The molecule has 1 aromatic heterocycles. The van der Waals surface area contributed by atoms with Crippen LogP contribution in [0.15, 0.2) is 6.08 Å². The fraction of sp³-hybridized carbons (Fsp3) is 0.500. The largest absolute Gasteiger partial charge is 0.311 e. The van der Waals surface area contributed by atoms with Crippen LogP contribution in [0.3, 0.4) is 0 Å². The number of aryl methyl sites for hydroxylation is 2. The lowest BCUT2D eigenvalue weighted by atomic mass is 10.1. The molecule has 4 heteroatoms. The topological polar surface area (TPSA) is 24.9 Å². The first-order valence-corrected chi connectivity index (χ1v) is 5.92. The number of hydrogen-bond donors (Lipinski definition) is 1. The van der Waals surface area contributed by atoms with Gasteiger partial charge in [0.2, 0.25) is 0 Å². The molecule has 2 rings (SSSR count). The van der Waals surface area contributed by atoms with E-state index in [4.69, 9.17) is 11.6 Å². The zero-order valence-corrected chi connectivity index (χ0v) is 9.87. The number of thiazole rings is 1. The van der Waals surface area contributed by atoms with Gasteiger partial charge in [0.1, 0.15) is 0 Å². The van der Waals surface area contributed by atoms with E-state index in [0.717, 1.165) is 23.8 Å². The Morgan fingerprint density at radius 1 is 1.57 bits per heavy atom. The Morgan fingerprint density at radius 3 is 2.93 bits per heavy atom. The molecule has 1 aliphatic heterocycles. The molecule has 0 saturated carbocycles. The number of halogens is 1. The van der Waals surface area contributed by atoms with Gasteiger partial charge in [0, 0.05) is 13.1 Å². The van der Waals surface area contributed by atoms with Crippen molar-refractivity contribution in [2.75, 3.05) is 13.1 Å². The summed E-state index contributed by atoms with van der Waals surface area (Å²) in [6.07, 6.45) is 2.14. The lowest BCUT2D eigenvalue weighted by molar-refractivity contribution is 0.744. The Morgan fingerprint density at radius 2 is 2.36 bits per heavy atom. The van der Waals surface area contributed by atoms with E-state index in [9.17, 15) is 0 Å². The third kappa shape index (κ3) is 2.00. The van der Waals surface area contributed by atoms with Crippen LogP contribution in [0.2, 0.25) is 0 Å². The van der Waals surface area contributed by atoms with Crippen molar-refractivity contribution in [1.82, 2.24) is 10.3 Å². The summed E-state index contributed by atoms with van der Waals surface area (Å²) in [5, 5.41) is 4.53. The summed E-state index contributed by atoms with van der Waals surface area (Å²) >= 11 is 7.81. The maximum absolute atomic E-state index is 6.07. The predicted octanol–water partition coefficient (Wildman–Crippen LogP) is 2.35. The Balaban J connectivity index is 2.34. The number of rotatable bonds is 1. The molecule has 0 bridgehead atoms. The van der Waals surface area contributed by atoms with Crippen molar-refractivity contribution in [2.45, 2.75) is 19.2 Å². The molecule has 0 aliphatic carbocycles. The molecule has 1 N–H and O–H groups in total. The van der Waals surface area contributed by atoms with E-state index >= 15 is 0 Å². The second-order valence-electron chi connectivity index (χ2n) is 3.49. The van der Waals surface area contributed by atoms with E-state index in [2.05, 4.69) is 23.3 Å². The molecule has 0 saturated heterocycles. The monoisotopic (exact) mass is 228 g/mol. The first kappa shape index (κ1) is 10.1. The summed E-state index contributed by atoms with van der Waals surface area (Å²) in [5.41, 5.74) is 2.41. The zero-order chi connectivity index (χ0) is 10.1. The summed E-state index contributed by atoms with van der Waals surface area (Å²) < 4.78 is 0. The van der Waals surface area contributed by atoms with Crippen molar-refractivity contribution in [3.63, 3.8) is 0 Å². The predicted molar refractivity (Wildman–Crippen MR) is 62.1 cm³/mol. The van der Waals surface area contributed by atoms with Crippen LogP contribution in [0.1, 0.15) is 15.6 Å². The molecule has 0 amide bonds. The van der Waals surface area contributed by atoms with Crippen LogP contribution in [0.25, 0.3) is 5.57 Å². The van der Waals surface area contributed by atoms with Crippen LogP contribution in [0.4, 0.5) is 0 Å². The fourth-order valence-corrected chi connectivity index (χ4v) is 2.87. The van der Waals surface area contributed by atoms with E-state index in [0.29, 0.717) is 0 Å². The Hall–Kier alpha value is -0.380. The van der Waals surface area contributed by atoms with Crippen LogP contribution in [0.5, 0.6) is 0 Å². The van der Waals surface area contributed by atoms with E-state index in [1.807, 2.05) is 6.92 Å². The van der Waals surface area contributed by atoms with Crippen molar-refractivity contribution in [3.05, 3.63) is 21.7 Å². The fourth-order valence-electron chi connectivity index (χ4n) is 1.67. The lowest BCUT2D eigenvalue weighted by Gasteiger charge is -2.17. The second kappa shape index (κ2) is 4.01. The highest BCUT2D eigenvalue weighted by molar-refractivity contribution is 7.12. The van der Waals surface area contributed by atoms with Gasteiger partial charge in [-0.2, -0.15) is 0 Å². The Labute approximate surface area is 93.0 Å². The molecule has 1 unspecified atom stereocenters. The van der Waals surface area contributed by atoms with Gasteiger partial charge in [-0.1, -0.05) is 6.08 Å². The van der Waals surface area contributed by atoms with Gasteiger partial charge in [-0.05, 0) is 19.4 Å². The van der Waals surface area contributed by atoms with Crippen LogP contribution in [-0.4, -0.2) is 23.5 Å². The number of alkyl halides is 1. The molecular weight excluding hydrogens is 216 g/mol. The smallest absolute Gasteiger partial charge is 0.0903 e. The first-order valence-electron chi connectivity index (χ1n) is 4.66. The Bertz CT molecular complexity index is 370. The summed E-state index contributed by atoms with van der Waals surface area (Å²) in [4.78, 5) is 5.70. The van der Waals surface area contributed by atoms with E-state index in [1.165, 1.54) is 10.5 Å². The number of nitrogens with zero attached hydrogens (tertiary/aromatic N) is 1. The molecule has 0 radical (unpaired) electrons.